The van der Waals surface area contributed by atoms with Gasteiger partial charge in [-0.15, -0.1) is 0 Å². The number of nitrogens with zero attached hydrogens (tertiary/aromatic N) is 2. The molecule has 0 bridgehead atoms. The van der Waals surface area contributed by atoms with E-state index in [1.165, 1.54) is 0 Å². The number of allylic oxidation sites excluding steroid dienone is 1. The van der Waals surface area contributed by atoms with Crippen molar-refractivity contribution < 1.29 is 19.4 Å². The molecular formula is C21H15N3O4S. The van der Waals surface area contributed by atoms with Crippen molar-refractivity contribution in [2.75, 3.05) is 0 Å². The van der Waals surface area contributed by atoms with E-state index in [1.807, 2.05) is 54.6 Å². The second kappa shape index (κ2) is 8.15. The molecule has 1 saturated heterocycles. The highest BCUT2D eigenvalue weighted by atomic mass is 32.2. The molecule has 0 unspecified atom stereocenters. The molecule has 2 amide bonds. The summed E-state index contributed by atoms with van der Waals surface area (Å²) < 4.78 is 6.00. The van der Waals surface area contributed by atoms with Gasteiger partial charge in [0.1, 0.15) is 11.5 Å². The van der Waals surface area contributed by atoms with E-state index in [0.717, 1.165) is 34.0 Å². The van der Waals surface area contributed by atoms with Crippen LogP contribution in [0, 0.1) is 0 Å². The quantitative estimate of drug-likeness (QED) is 0.626. The lowest BCUT2D eigenvalue weighted by Gasteiger charge is -2.09. The van der Waals surface area contributed by atoms with Crippen molar-refractivity contribution >= 4 is 39.8 Å². The van der Waals surface area contributed by atoms with Crippen LogP contribution in [0.25, 0.3) is 10.9 Å². The lowest BCUT2D eigenvalue weighted by Crippen LogP contribution is -2.20. The number of carboxylic acid groups (broad SMARTS) is 1. The number of amides is 2. The molecule has 2 N–H and O–H groups in total. The first-order valence-corrected chi connectivity index (χ1v) is 9.52. The Kier molecular flexibility index (Phi) is 5.26. The molecular weight excluding hydrogens is 390 g/mol. The zero-order valence-corrected chi connectivity index (χ0v) is 15.8. The van der Waals surface area contributed by atoms with Gasteiger partial charge in [-0.05, 0) is 54.1 Å². The van der Waals surface area contributed by atoms with E-state index in [2.05, 4.69) is 15.3 Å². The van der Waals surface area contributed by atoms with Gasteiger partial charge in [-0.2, -0.15) is 4.99 Å². The minimum absolute atomic E-state index is 0.0648. The van der Waals surface area contributed by atoms with Gasteiger partial charge in [0.2, 0.25) is 0 Å². The second-order valence-corrected chi connectivity index (χ2v) is 7.13. The molecule has 0 atom stereocenters. The van der Waals surface area contributed by atoms with Crippen LogP contribution in [0.2, 0.25) is 0 Å². The highest BCUT2D eigenvalue weighted by Gasteiger charge is 2.24. The number of rotatable bonds is 4. The lowest BCUT2D eigenvalue weighted by molar-refractivity contribution is -0.115. The molecule has 8 heteroatoms. The Morgan fingerprint density at radius 1 is 1.21 bits per heavy atom. The van der Waals surface area contributed by atoms with Gasteiger partial charge in [-0.3, -0.25) is 9.78 Å². The second-order valence-electron chi connectivity index (χ2n) is 6.10. The summed E-state index contributed by atoms with van der Waals surface area (Å²) in [6.45, 7) is 0. The third-order valence-corrected chi connectivity index (χ3v) is 5.07. The van der Waals surface area contributed by atoms with Crippen molar-refractivity contribution in [3.05, 3.63) is 77.3 Å². The summed E-state index contributed by atoms with van der Waals surface area (Å²) in [7, 11) is 0. The van der Waals surface area contributed by atoms with Crippen molar-refractivity contribution in [2.45, 2.75) is 6.42 Å². The number of para-hydroxylation sites is 1. The summed E-state index contributed by atoms with van der Waals surface area (Å²) in [5.41, 5.74) is 1.77. The van der Waals surface area contributed by atoms with Crippen LogP contribution in [0.1, 0.15) is 5.56 Å². The fraction of sp³-hybridized carbons (Fsp3) is 0.0476. The summed E-state index contributed by atoms with van der Waals surface area (Å²) in [4.78, 5) is 30.7. The number of thioether (sulfide) groups is 1. The normalized spacial score (nSPS) is 16.3. The Labute approximate surface area is 170 Å². The Balaban J connectivity index is 1.58. The first kappa shape index (κ1) is 18.7. The number of hydrogen-bond donors (Lipinski definition) is 2. The highest BCUT2D eigenvalue weighted by Crippen LogP contribution is 2.30. The van der Waals surface area contributed by atoms with Gasteiger partial charge in [0, 0.05) is 11.6 Å². The number of nitrogens with one attached hydrogen (secondary N) is 1. The van der Waals surface area contributed by atoms with Crippen LogP contribution in [-0.2, 0) is 11.2 Å². The number of benzene rings is 2. The van der Waals surface area contributed by atoms with Crippen LogP contribution >= 0.6 is 11.8 Å². The predicted molar refractivity (Wildman–Crippen MR) is 111 cm³/mol. The molecule has 1 fully saturated rings. The van der Waals surface area contributed by atoms with Crippen molar-refractivity contribution in [2.24, 2.45) is 4.99 Å². The largest absolute Gasteiger partial charge is 0.463 e. The fourth-order valence-electron chi connectivity index (χ4n) is 2.82. The van der Waals surface area contributed by atoms with Gasteiger partial charge >= 0.3 is 6.09 Å². The van der Waals surface area contributed by atoms with Crippen LogP contribution in [0.15, 0.2) is 76.8 Å². The Hall–Kier alpha value is -3.65. The Bertz CT molecular complexity index is 1160. The molecule has 0 spiro atoms. The number of aliphatic imine (C=N–C) groups is 1. The van der Waals surface area contributed by atoms with Crippen molar-refractivity contribution in [1.82, 2.24) is 10.3 Å². The van der Waals surface area contributed by atoms with E-state index in [-0.39, 0.29) is 11.1 Å². The minimum Gasteiger partial charge on any atom is -0.463 e. The number of ether oxygens (including phenoxy) is 1. The maximum absolute atomic E-state index is 12.0. The zero-order valence-electron chi connectivity index (χ0n) is 15.0. The molecule has 0 aliphatic carbocycles. The Morgan fingerprint density at radius 3 is 2.83 bits per heavy atom. The third kappa shape index (κ3) is 4.44. The number of aromatic nitrogens is 1. The average Bonchev–Trinajstić information content (AvgIpc) is 3.05. The molecule has 1 aromatic heterocycles. The molecule has 4 rings (SSSR count). The Morgan fingerprint density at radius 2 is 2.03 bits per heavy atom. The van der Waals surface area contributed by atoms with Gasteiger partial charge in [-0.1, -0.05) is 30.3 Å². The van der Waals surface area contributed by atoms with Gasteiger partial charge in [0.25, 0.3) is 5.91 Å². The van der Waals surface area contributed by atoms with Crippen LogP contribution in [0.3, 0.4) is 0 Å². The van der Waals surface area contributed by atoms with E-state index in [4.69, 9.17) is 9.84 Å². The van der Waals surface area contributed by atoms with E-state index >= 15 is 0 Å². The summed E-state index contributed by atoms with van der Waals surface area (Å²) in [5.74, 6) is 1.07. The highest BCUT2D eigenvalue weighted by molar-refractivity contribution is 8.18. The molecule has 1 aliphatic rings. The van der Waals surface area contributed by atoms with Crippen molar-refractivity contribution in [1.29, 1.82) is 0 Å². The molecule has 1 aliphatic heterocycles. The standard InChI is InChI=1S/C21H15N3O4S/c25-19-18(29-20(23-19)24-21(26)27)9-7-13-6-8-16-15(12-13)17(10-11-22-16)28-14-4-2-1-3-5-14/h1-6,8-12H,7H2,(H,26,27)(H,23,24,25)/b18-9-. The molecule has 7 nitrogen and oxygen atoms in total. The minimum atomic E-state index is -1.35. The summed E-state index contributed by atoms with van der Waals surface area (Å²) in [6, 6.07) is 17.1. The topological polar surface area (TPSA) is 101 Å². The average molecular weight is 405 g/mol. The summed E-state index contributed by atoms with van der Waals surface area (Å²) in [6.07, 6.45) is 2.60. The van der Waals surface area contributed by atoms with Gasteiger partial charge in [0.05, 0.1) is 10.4 Å². The summed E-state index contributed by atoms with van der Waals surface area (Å²) in [5, 5.41) is 12.1. The molecule has 144 valence electrons. The number of amidine groups is 1. The van der Waals surface area contributed by atoms with Crippen molar-refractivity contribution in [3.8, 4) is 11.5 Å². The zero-order chi connectivity index (χ0) is 20.2. The smallest absolute Gasteiger partial charge is 0.433 e. The monoisotopic (exact) mass is 405 g/mol. The number of fused-ring (bicyclic) bond motifs is 1. The molecule has 0 saturated carbocycles. The molecule has 2 aromatic carbocycles. The first-order chi connectivity index (χ1) is 14.1. The lowest BCUT2D eigenvalue weighted by atomic mass is 10.1. The summed E-state index contributed by atoms with van der Waals surface area (Å²) >= 11 is 1.01. The van der Waals surface area contributed by atoms with Crippen LogP contribution in [0.4, 0.5) is 4.79 Å². The number of hydrogen-bond acceptors (Lipinski definition) is 5. The SMILES string of the molecule is O=C(O)N=C1NC(=O)/C(=C/Cc2ccc3nccc(Oc4ccccc4)c3c2)S1. The van der Waals surface area contributed by atoms with Gasteiger partial charge < -0.3 is 15.2 Å². The van der Waals surface area contributed by atoms with E-state index in [1.54, 1.807) is 12.3 Å². The molecule has 29 heavy (non-hydrogen) atoms. The van der Waals surface area contributed by atoms with E-state index < -0.39 is 6.09 Å². The van der Waals surface area contributed by atoms with E-state index in [0.29, 0.717) is 17.1 Å². The van der Waals surface area contributed by atoms with Crippen LogP contribution in [0.5, 0.6) is 11.5 Å². The van der Waals surface area contributed by atoms with Crippen LogP contribution < -0.4 is 10.1 Å². The third-order valence-electron chi connectivity index (χ3n) is 4.11. The maximum Gasteiger partial charge on any atom is 0.433 e. The van der Waals surface area contributed by atoms with Crippen molar-refractivity contribution in [3.63, 3.8) is 0 Å². The number of pyridine rings is 1. The maximum atomic E-state index is 12.0. The van der Waals surface area contributed by atoms with Gasteiger partial charge in [-0.25, -0.2) is 4.79 Å². The number of carbonyl (C=O) groups excluding carboxylic acids is 1. The van der Waals surface area contributed by atoms with Crippen LogP contribution in [-0.4, -0.2) is 27.3 Å². The number of carbonyl (C=O) groups is 2. The molecule has 0 radical (unpaired) electrons. The molecule has 2 heterocycles. The fourth-order valence-corrected chi connectivity index (χ4v) is 3.60. The first-order valence-electron chi connectivity index (χ1n) is 8.70. The van der Waals surface area contributed by atoms with E-state index in [9.17, 15) is 9.59 Å². The van der Waals surface area contributed by atoms with Gasteiger partial charge in [0.15, 0.2) is 5.17 Å². The molecule has 3 aromatic rings. The predicted octanol–water partition coefficient (Wildman–Crippen LogP) is 4.35.